The van der Waals surface area contributed by atoms with E-state index in [1.807, 2.05) is 31.2 Å². The number of hydrogen-bond acceptors (Lipinski definition) is 5. The summed E-state index contributed by atoms with van der Waals surface area (Å²) in [6.45, 7) is 8.54. The van der Waals surface area contributed by atoms with Gasteiger partial charge in [0.15, 0.2) is 0 Å². The quantitative estimate of drug-likeness (QED) is 0.612. The topological polar surface area (TPSA) is 68.7 Å². The molecule has 1 aromatic heterocycles. The maximum absolute atomic E-state index is 5.91. The van der Waals surface area contributed by atoms with Crippen molar-refractivity contribution in [2.45, 2.75) is 33.1 Å². The molecule has 6 nitrogen and oxygen atoms in total. The molecule has 26 heavy (non-hydrogen) atoms. The van der Waals surface area contributed by atoms with Crippen LogP contribution in [0.2, 0.25) is 0 Å². The molecular formula is C20H29N5O. The van der Waals surface area contributed by atoms with Gasteiger partial charge in [0.1, 0.15) is 5.75 Å². The Balaban J connectivity index is 1.47. The van der Waals surface area contributed by atoms with E-state index in [2.05, 4.69) is 21.9 Å². The monoisotopic (exact) mass is 355 g/mol. The summed E-state index contributed by atoms with van der Waals surface area (Å²) in [5.74, 6) is 2.09. The summed E-state index contributed by atoms with van der Waals surface area (Å²) in [5.41, 5.74) is 7.61. The molecule has 0 aliphatic carbocycles. The first kappa shape index (κ1) is 18.5. The molecule has 1 aromatic carbocycles. The number of aromatic nitrogens is 2. The molecule has 0 bridgehead atoms. The molecule has 0 amide bonds. The summed E-state index contributed by atoms with van der Waals surface area (Å²) in [7, 11) is 0. The lowest BCUT2D eigenvalue weighted by atomic mass is 10.0. The van der Waals surface area contributed by atoms with Crippen LogP contribution in [0.3, 0.4) is 0 Å². The van der Waals surface area contributed by atoms with Crippen molar-refractivity contribution in [2.24, 2.45) is 11.0 Å². The molecule has 2 aromatic rings. The normalized spacial score (nSPS) is 18.5. The maximum atomic E-state index is 5.91. The van der Waals surface area contributed by atoms with Crippen molar-refractivity contribution in [3.05, 3.63) is 41.7 Å². The number of rotatable bonds is 7. The Morgan fingerprint density at radius 3 is 3.08 bits per heavy atom. The Kier molecular flexibility index (Phi) is 6.28. The predicted octanol–water partition coefficient (Wildman–Crippen LogP) is 3.16. The van der Waals surface area contributed by atoms with E-state index in [9.17, 15) is 0 Å². The third kappa shape index (κ3) is 5.33. The number of piperidine rings is 1. The van der Waals surface area contributed by atoms with Crippen LogP contribution in [0.15, 0.2) is 35.6 Å². The maximum Gasteiger partial charge on any atom is 0.221 e. The van der Waals surface area contributed by atoms with Crippen LogP contribution in [0.4, 0.5) is 5.95 Å². The second-order valence-electron chi connectivity index (χ2n) is 7.15. The zero-order valence-corrected chi connectivity index (χ0v) is 15.8. The van der Waals surface area contributed by atoms with Crippen molar-refractivity contribution >= 4 is 12.2 Å². The highest BCUT2D eigenvalue weighted by Gasteiger charge is 2.15. The van der Waals surface area contributed by atoms with Gasteiger partial charge < -0.3 is 15.4 Å². The first-order valence-corrected chi connectivity index (χ1v) is 9.41. The fourth-order valence-corrected chi connectivity index (χ4v) is 3.38. The zero-order valence-electron chi connectivity index (χ0n) is 15.8. The molecule has 2 heterocycles. The van der Waals surface area contributed by atoms with Crippen LogP contribution in [0.1, 0.15) is 37.4 Å². The number of anilines is 1. The minimum Gasteiger partial charge on any atom is -0.494 e. The van der Waals surface area contributed by atoms with Crippen LogP contribution in [-0.4, -0.2) is 47.0 Å². The fraction of sp³-hybridized carbons (Fsp3) is 0.500. The van der Waals surface area contributed by atoms with Crippen LogP contribution in [-0.2, 0) is 0 Å². The Bertz CT molecular complexity index is 740. The van der Waals surface area contributed by atoms with Crippen molar-refractivity contribution in [1.29, 1.82) is 0 Å². The van der Waals surface area contributed by atoms with Gasteiger partial charge in [-0.1, -0.05) is 19.1 Å². The summed E-state index contributed by atoms with van der Waals surface area (Å²) >= 11 is 0. The van der Waals surface area contributed by atoms with Gasteiger partial charge in [-0.2, -0.15) is 5.10 Å². The Morgan fingerprint density at radius 1 is 1.42 bits per heavy atom. The van der Waals surface area contributed by atoms with Crippen molar-refractivity contribution < 1.29 is 4.74 Å². The van der Waals surface area contributed by atoms with Gasteiger partial charge in [-0.25, -0.2) is 9.66 Å². The smallest absolute Gasteiger partial charge is 0.221 e. The fourth-order valence-electron chi connectivity index (χ4n) is 3.38. The van der Waals surface area contributed by atoms with Crippen molar-refractivity contribution in [1.82, 2.24) is 14.6 Å². The van der Waals surface area contributed by atoms with Crippen LogP contribution < -0.4 is 10.5 Å². The van der Waals surface area contributed by atoms with E-state index in [0.717, 1.165) is 42.5 Å². The van der Waals surface area contributed by atoms with E-state index in [1.54, 1.807) is 17.1 Å². The molecule has 1 saturated heterocycles. The number of likely N-dealkylation sites (tertiary alicyclic amines) is 1. The minimum atomic E-state index is 0.387. The average molecular weight is 355 g/mol. The van der Waals surface area contributed by atoms with E-state index in [1.165, 1.54) is 25.9 Å². The van der Waals surface area contributed by atoms with Crippen molar-refractivity contribution in [3.8, 4) is 5.75 Å². The molecule has 1 atom stereocenters. The van der Waals surface area contributed by atoms with E-state index in [4.69, 9.17) is 10.5 Å². The van der Waals surface area contributed by atoms with Crippen LogP contribution in [0, 0.1) is 12.8 Å². The summed E-state index contributed by atoms with van der Waals surface area (Å²) < 4.78 is 7.48. The largest absolute Gasteiger partial charge is 0.494 e. The third-order valence-electron chi connectivity index (χ3n) is 4.65. The number of benzene rings is 1. The highest BCUT2D eigenvalue weighted by molar-refractivity contribution is 5.80. The van der Waals surface area contributed by atoms with Gasteiger partial charge in [0.25, 0.3) is 0 Å². The molecule has 0 saturated carbocycles. The van der Waals surface area contributed by atoms with Gasteiger partial charge in [0.05, 0.1) is 24.7 Å². The lowest BCUT2D eigenvalue weighted by Crippen LogP contribution is -2.35. The second-order valence-corrected chi connectivity index (χ2v) is 7.15. The van der Waals surface area contributed by atoms with E-state index >= 15 is 0 Å². The van der Waals surface area contributed by atoms with Crippen LogP contribution in [0.25, 0.3) is 0 Å². The molecule has 140 valence electrons. The Labute approximate surface area is 155 Å². The lowest BCUT2D eigenvalue weighted by molar-refractivity contribution is 0.170. The van der Waals surface area contributed by atoms with E-state index < -0.39 is 0 Å². The van der Waals surface area contributed by atoms with Gasteiger partial charge in [-0.3, -0.25) is 0 Å². The highest BCUT2D eigenvalue weighted by Crippen LogP contribution is 2.16. The third-order valence-corrected chi connectivity index (χ3v) is 4.65. The van der Waals surface area contributed by atoms with Crippen LogP contribution in [0.5, 0.6) is 5.75 Å². The average Bonchev–Trinajstić information content (AvgIpc) is 2.95. The first-order valence-electron chi connectivity index (χ1n) is 9.41. The number of aryl methyl sites for hydroxylation is 1. The van der Waals surface area contributed by atoms with Crippen molar-refractivity contribution in [2.75, 3.05) is 32.0 Å². The highest BCUT2D eigenvalue weighted by atomic mass is 16.5. The molecular weight excluding hydrogens is 326 g/mol. The van der Waals surface area contributed by atoms with Crippen LogP contribution >= 0.6 is 0 Å². The molecule has 1 unspecified atom stereocenters. The first-order chi connectivity index (χ1) is 12.6. The lowest BCUT2D eigenvalue weighted by Gasteiger charge is -2.30. The molecule has 0 radical (unpaired) electrons. The van der Waals surface area contributed by atoms with Gasteiger partial charge in [-0.15, -0.1) is 0 Å². The van der Waals surface area contributed by atoms with Gasteiger partial charge >= 0.3 is 0 Å². The summed E-state index contributed by atoms with van der Waals surface area (Å²) in [6.07, 6.45) is 7.30. The Hall–Kier alpha value is -2.34. The van der Waals surface area contributed by atoms with E-state index in [-0.39, 0.29) is 0 Å². The minimum absolute atomic E-state index is 0.387. The van der Waals surface area contributed by atoms with E-state index in [0.29, 0.717) is 5.95 Å². The van der Waals surface area contributed by atoms with Crippen molar-refractivity contribution in [3.63, 3.8) is 0 Å². The number of ether oxygens (including phenoxy) is 1. The molecule has 2 N–H and O–H groups in total. The van der Waals surface area contributed by atoms with Gasteiger partial charge in [-0.05, 0) is 56.3 Å². The SMILES string of the molecule is Cc1cn(N=Cc2cccc(OCCCN3CCCC(C)C3)c2)c(N)n1. The number of nitrogen functional groups attached to an aromatic ring is 1. The molecule has 1 aliphatic heterocycles. The number of nitrogens with zero attached hydrogens (tertiary/aromatic N) is 4. The second kappa shape index (κ2) is 8.85. The molecule has 6 heteroatoms. The summed E-state index contributed by atoms with van der Waals surface area (Å²) in [5, 5.41) is 4.34. The molecule has 1 fully saturated rings. The summed E-state index contributed by atoms with van der Waals surface area (Å²) in [4.78, 5) is 6.69. The summed E-state index contributed by atoms with van der Waals surface area (Å²) in [6, 6.07) is 7.94. The number of hydrogen-bond donors (Lipinski definition) is 1. The predicted molar refractivity (Wildman–Crippen MR) is 106 cm³/mol. The standard InChI is InChI=1S/C20H29N5O/c1-16-6-4-9-24(14-16)10-5-11-26-19-8-3-7-18(12-19)13-22-25-15-17(2)23-20(25)21/h3,7-8,12-13,15-16H,4-6,9-11,14H2,1-2H3,(H2,21,23). The van der Waals surface area contributed by atoms with Gasteiger partial charge in [0, 0.05) is 13.1 Å². The number of imidazole rings is 1. The van der Waals surface area contributed by atoms with Gasteiger partial charge in [0.2, 0.25) is 5.95 Å². The molecule has 0 spiro atoms. The zero-order chi connectivity index (χ0) is 18.4. The molecule has 1 aliphatic rings. The Morgan fingerprint density at radius 2 is 2.31 bits per heavy atom. The molecule has 3 rings (SSSR count). The number of nitrogens with two attached hydrogens (primary N) is 1.